The Labute approximate surface area is 101 Å². The molecular formula is C11H19NO3S. The van der Waals surface area contributed by atoms with Crippen molar-refractivity contribution in [2.75, 3.05) is 40.6 Å². The number of methoxy groups -OCH3 is 2. The summed E-state index contributed by atoms with van der Waals surface area (Å²) in [4.78, 5) is 1.27. The first-order valence-electron chi connectivity index (χ1n) is 5.27. The average molecular weight is 245 g/mol. The quantitative estimate of drug-likeness (QED) is 0.669. The van der Waals surface area contributed by atoms with Crippen molar-refractivity contribution in [3.63, 3.8) is 0 Å². The highest BCUT2D eigenvalue weighted by molar-refractivity contribution is 7.13. The van der Waals surface area contributed by atoms with E-state index in [1.54, 1.807) is 25.6 Å². The molecule has 0 unspecified atom stereocenters. The van der Waals surface area contributed by atoms with Gasteiger partial charge in [-0.2, -0.15) is 0 Å². The zero-order valence-electron chi connectivity index (χ0n) is 9.82. The molecule has 0 saturated heterocycles. The number of rotatable bonds is 9. The molecule has 1 aromatic heterocycles. The van der Waals surface area contributed by atoms with Crippen LogP contribution < -0.4 is 10.1 Å². The van der Waals surface area contributed by atoms with Crippen LogP contribution in [0.15, 0.2) is 12.1 Å². The van der Waals surface area contributed by atoms with Gasteiger partial charge in [0.1, 0.15) is 0 Å². The standard InChI is InChI=1S/C11H19NO3S/c1-13-7-8-15-6-5-12-9-10-3-4-11(14-2)16-10/h3-4,12H,5-9H2,1-2H3. The smallest absolute Gasteiger partial charge is 0.173 e. The van der Waals surface area contributed by atoms with Crippen LogP contribution in [0.1, 0.15) is 4.88 Å². The molecule has 0 bridgehead atoms. The first-order valence-corrected chi connectivity index (χ1v) is 6.08. The van der Waals surface area contributed by atoms with Crippen molar-refractivity contribution >= 4 is 11.3 Å². The van der Waals surface area contributed by atoms with Gasteiger partial charge in [0.15, 0.2) is 5.06 Å². The summed E-state index contributed by atoms with van der Waals surface area (Å²) in [7, 11) is 3.36. The van der Waals surface area contributed by atoms with Crippen LogP contribution in [0.3, 0.4) is 0 Å². The third-order valence-corrected chi connectivity index (χ3v) is 3.04. The highest BCUT2D eigenvalue weighted by Crippen LogP contribution is 2.23. The van der Waals surface area contributed by atoms with Crippen LogP contribution in [0.5, 0.6) is 5.06 Å². The van der Waals surface area contributed by atoms with E-state index in [0.717, 1.165) is 18.2 Å². The van der Waals surface area contributed by atoms with Gasteiger partial charge in [0.25, 0.3) is 0 Å². The molecule has 0 aliphatic rings. The van der Waals surface area contributed by atoms with Gasteiger partial charge in [0.05, 0.1) is 26.9 Å². The van der Waals surface area contributed by atoms with Crippen molar-refractivity contribution in [3.05, 3.63) is 17.0 Å². The van der Waals surface area contributed by atoms with Crippen LogP contribution >= 0.6 is 11.3 Å². The molecule has 0 atom stereocenters. The van der Waals surface area contributed by atoms with Crippen LogP contribution in [0, 0.1) is 0 Å². The third-order valence-electron chi connectivity index (χ3n) is 1.99. The van der Waals surface area contributed by atoms with Crippen LogP contribution in [-0.4, -0.2) is 40.6 Å². The van der Waals surface area contributed by atoms with Crippen molar-refractivity contribution in [3.8, 4) is 5.06 Å². The second-order valence-corrected chi connectivity index (χ2v) is 4.34. The fourth-order valence-corrected chi connectivity index (χ4v) is 1.95. The van der Waals surface area contributed by atoms with E-state index >= 15 is 0 Å². The lowest BCUT2D eigenvalue weighted by Crippen LogP contribution is -2.19. The molecule has 16 heavy (non-hydrogen) atoms. The maximum absolute atomic E-state index is 5.33. The second-order valence-electron chi connectivity index (χ2n) is 3.21. The van der Waals surface area contributed by atoms with Crippen molar-refractivity contribution in [2.45, 2.75) is 6.54 Å². The maximum atomic E-state index is 5.33. The highest BCUT2D eigenvalue weighted by Gasteiger charge is 1.98. The molecule has 0 aliphatic carbocycles. The molecule has 92 valence electrons. The lowest BCUT2D eigenvalue weighted by atomic mass is 10.4. The van der Waals surface area contributed by atoms with Gasteiger partial charge in [-0.1, -0.05) is 0 Å². The highest BCUT2D eigenvalue weighted by atomic mass is 32.1. The summed E-state index contributed by atoms with van der Waals surface area (Å²) in [6.07, 6.45) is 0. The molecule has 0 radical (unpaired) electrons. The molecule has 1 rings (SSSR count). The minimum Gasteiger partial charge on any atom is -0.487 e. The predicted molar refractivity (Wildman–Crippen MR) is 65.3 cm³/mol. The van der Waals surface area contributed by atoms with Gasteiger partial charge in [0, 0.05) is 25.1 Å². The number of ether oxygens (including phenoxy) is 3. The Morgan fingerprint density at radius 2 is 2.06 bits per heavy atom. The van der Waals surface area contributed by atoms with Crippen LogP contribution in [0.2, 0.25) is 0 Å². The summed E-state index contributed by atoms with van der Waals surface area (Å²) >= 11 is 1.66. The fraction of sp³-hybridized carbons (Fsp3) is 0.636. The lowest BCUT2D eigenvalue weighted by Gasteiger charge is -2.04. The van der Waals surface area contributed by atoms with Gasteiger partial charge in [-0.05, 0) is 12.1 Å². The molecule has 0 spiro atoms. The Balaban J connectivity index is 1.98. The van der Waals surface area contributed by atoms with E-state index in [0.29, 0.717) is 19.8 Å². The fourth-order valence-electron chi connectivity index (χ4n) is 1.16. The van der Waals surface area contributed by atoms with Crippen LogP contribution in [0.25, 0.3) is 0 Å². The van der Waals surface area contributed by atoms with Crippen LogP contribution in [-0.2, 0) is 16.0 Å². The van der Waals surface area contributed by atoms with Crippen molar-refractivity contribution in [2.24, 2.45) is 0 Å². The minimum absolute atomic E-state index is 0.655. The van der Waals surface area contributed by atoms with Crippen LogP contribution in [0.4, 0.5) is 0 Å². The molecule has 0 aromatic carbocycles. The number of hydrogen-bond acceptors (Lipinski definition) is 5. The normalized spacial score (nSPS) is 10.6. The molecule has 5 heteroatoms. The largest absolute Gasteiger partial charge is 0.487 e. The van der Waals surface area contributed by atoms with E-state index in [2.05, 4.69) is 11.4 Å². The first kappa shape index (κ1) is 13.4. The maximum Gasteiger partial charge on any atom is 0.173 e. The minimum atomic E-state index is 0.655. The summed E-state index contributed by atoms with van der Waals surface area (Å²) in [5.74, 6) is 0. The summed E-state index contributed by atoms with van der Waals surface area (Å²) in [5.41, 5.74) is 0. The van der Waals surface area contributed by atoms with E-state index in [1.807, 2.05) is 6.07 Å². The summed E-state index contributed by atoms with van der Waals surface area (Å²) in [5, 5.41) is 4.26. The number of hydrogen-bond donors (Lipinski definition) is 1. The Morgan fingerprint density at radius 1 is 1.19 bits per heavy atom. The monoisotopic (exact) mass is 245 g/mol. The van der Waals surface area contributed by atoms with Gasteiger partial charge >= 0.3 is 0 Å². The van der Waals surface area contributed by atoms with Gasteiger partial charge in [-0.3, -0.25) is 0 Å². The van der Waals surface area contributed by atoms with Gasteiger partial charge in [0.2, 0.25) is 0 Å². The second kappa shape index (κ2) is 8.52. The third kappa shape index (κ3) is 5.46. The van der Waals surface area contributed by atoms with E-state index in [4.69, 9.17) is 14.2 Å². The molecule has 0 fully saturated rings. The summed E-state index contributed by atoms with van der Waals surface area (Å²) in [6.45, 7) is 3.74. The van der Waals surface area contributed by atoms with Crippen molar-refractivity contribution < 1.29 is 14.2 Å². The molecule has 1 aromatic rings. The molecule has 1 N–H and O–H groups in total. The van der Waals surface area contributed by atoms with Gasteiger partial charge in [-0.15, -0.1) is 11.3 Å². The molecule has 0 saturated carbocycles. The summed E-state index contributed by atoms with van der Waals surface area (Å²) in [6, 6.07) is 4.05. The SMILES string of the molecule is COCCOCCNCc1ccc(OC)s1. The van der Waals surface area contributed by atoms with E-state index in [-0.39, 0.29) is 0 Å². The Kier molecular flexibility index (Phi) is 7.16. The summed E-state index contributed by atoms with van der Waals surface area (Å²) < 4.78 is 15.3. The van der Waals surface area contributed by atoms with E-state index in [9.17, 15) is 0 Å². The zero-order valence-corrected chi connectivity index (χ0v) is 10.6. The number of nitrogens with one attached hydrogen (secondary N) is 1. The molecule has 1 heterocycles. The lowest BCUT2D eigenvalue weighted by molar-refractivity contribution is 0.0719. The van der Waals surface area contributed by atoms with Gasteiger partial charge in [-0.25, -0.2) is 0 Å². The molecular weight excluding hydrogens is 226 g/mol. The predicted octanol–water partition coefficient (Wildman–Crippen LogP) is 1.51. The van der Waals surface area contributed by atoms with Crippen molar-refractivity contribution in [1.29, 1.82) is 0 Å². The first-order chi connectivity index (χ1) is 7.86. The van der Waals surface area contributed by atoms with E-state index < -0.39 is 0 Å². The molecule has 4 nitrogen and oxygen atoms in total. The topological polar surface area (TPSA) is 39.7 Å². The zero-order chi connectivity index (χ0) is 11.6. The Hall–Kier alpha value is -0.620. The van der Waals surface area contributed by atoms with Crippen molar-refractivity contribution in [1.82, 2.24) is 5.32 Å². The van der Waals surface area contributed by atoms with Gasteiger partial charge < -0.3 is 19.5 Å². The number of thiophene rings is 1. The Morgan fingerprint density at radius 3 is 2.75 bits per heavy atom. The molecule has 0 aliphatic heterocycles. The van der Waals surface area contributed by atoms with E-state index in [1.165, 1.54) is 4.88 Å². The molecule has 0 amide bonds. The Bertz CT molecular complexity index is 278. The average Bonchev–Trinajstić information content (AvgIpc) is 2.76.